The summed E-state index contributed by atoms with van der Waals surface area (Å²) in [6, 6.07) is 4.87. The lowest BCUT2D eigenvalue weighted by Gasteiger charge is -2.20. The van der Waals surface area contributed by atoms with Crippen LogP contribution in [0, 0.1) is 10.1 Å². The molecule has 1 aromatic rings. The minimum Gasteiger partial charge on any atom is -0.490 e. The molecule has 0 aromatic heterocycles. The van der Waals surface area contributed by atoms with Gasteiger partial charge in [0.1, 0.15) is 0 Å². The predicted molar refractivity (Wildman–Crippen MR) is 70.7 cm³/mol. The molecule has 7 heteroatoms. The number of hydrogen-bond acceptors (Lipinski definition) is 6. The second kappa shape index (κ2) is 5.85. The number of ether oxygens (including phenoxy) is 2. The van der Waals surface area contributed by atoms with E-state index in [4.69, 9.17) is 9.47 Å². The van der Waals surface area contributed by atoms with Crippen LogP contribution < -0.4 is 15.4 Å². The van der Waals surface area contributed by atoms with Gasteiger partial charge >= 0.3 is 5.69 Å². The van der Waals surface area contributed by atoms with E-state index < -0.39 is 4.92 Å². The highest BCUT2D eigenvalue weighted by atomic mass is 16.6. The van der Waals surface area contributed by atoms with Gasteiger partial charge in [-0.15, -0.1) is 0 Å². The Labute approximate surface area is 111 Å². The van der Waals surface area contributed by atoms with Crippen molar-refractivity contribution in [2.24, 2.45) is 0 Å². The van der Waals surface area contributed by atoms with E-state index >= 15 is 0 Å². The molecule has 0 bridgehead atoms. The lowest BCUT2D eigenvalue weighted by atomic mass is 10.2. The van der Waals surface area contributed by atoms with Crippen LogP contribution in [0.25, 0.3) is 0 Å². The van der Waals surface area contributed by atoms with E-state index in [0.29, 0.717) is 0 Å². The van der Waals surface area contributed by atoms with Crippen LogP contribution in [-0.4, -0.2) is 44.4 Å². The Kier molecular flexibility index (Phi) is 4.18. The van der Waals surface area contributed by atoms with Crippen LogP contribution in [0.15, 0.2) is 18.2 Å². The number of methoxy groups -OCH3 is 2. The van der Waals surface area contributed by atoms with Crippen LogP contribution in [0.1, 0.15) is 0 Å². The Morgan fingerprint density at radius 2 is 2.21 bits per heavy atom. The molecular formula is C12H17N3O4. The summed E-state index contributed by atoms with van der Waals surface area (Å²) in [5.74, 6) is 0.245. The summed E-state index contributed by atoms with van der Waals surface area (Å²) < 4.78 is 10.4. The summed E-state index contributed by atoms with van der Waals surface area (Å²) in [6.45, 7) is 1.58. The fraction of sp³-hybridized carbons (Fsp3) is 0.500. The van der Waals surface area contributed by atoms with Crippen molar-refractivity contribution in [3.05, 3.63) is 28.3 Å². The molecule has 1 unspecified atom stereocenters. The number of anilines is 1. The summed E-state index contributed by atoms with van der Waals surface area (Å²) in [5, 5.41) is 17.3. The Balaban J connectivity index is 2.15. The summed E-state index contributed by atoms with van der Waals surface area (Å²) in [7, 11) is 3.09. The maximum absolute atomic E-state index is 10.8. The van der Waals surface area contributed by atoms with E-state index in [-0.39, 0.29) is 23.6 Å². The SMILES string of the molecule is COc1cc(NC2CNC[C@@H]2OC)ccc1[N+](=O)[O-]. The van der Waals surface area contributed by atoms with Gasteiger partial charge in [-0.25, -0.2) is 0 Å². The van der Waals surface area contributed by atoms with E-state index in [1.165, 1.54) is 13.2 Å². The zero-order chi connectivity index (χ0) is 13.8. The number of nitro benzene ring substituents is 1. The molecule has 1 heterocycles. The summed E-state index contributed by atoms with van der Waals surface area (Å²) >= 11 is 0. The van der Waals surface area contributed by atoms with Crippen molar-refractivity contribution in [3.8, 4) is 5.75 Å². The number of hydrogen-bond donors (Lipinski definition) is 2. The maximum atomic E-state index is 10.8. The molecule has 0 amide bonds. The summed E-state index contributed by atoms with van der Waals surface area (Å²) in [4.78, 5) is 10.3. The second-order valence-electron chi connectivity index (χ2n) is 4.33. The number of rotatable bonds is 5. The van der Waals surface area contributed by atoms with Gasteiger partial charge in [0.05, 0.1) is 24.2 Å². The molecule has 0 spiro atoms. The van der Waals surface area contributed by atoms with Crippen LogP contribution in [0.3, 0.4) is 0 Å². The van der Waals surface area contributed by atoms with Crippen molar-refractivity contribution < 1.29 is 14.4 Å². The number of nitrogens with one attached hydrogen (secondary N) is 2. The average molecular weight is 267 g/mol. The molecule has 0 radical (unpaired) electrons. The molecule has 19 heavy (non-hydrogen) atoms. The van der Waals surface area contributed by atoms with Crippen molar-refractivity contribution in [2.45, 2.75) is 12.1 Å². The molecule has 2 rings (SSSR count). The molecule has 1 fully saturated rings. The van der Waals surface area contributed by atoms with Gasteiger partial charge in [-0.2, -0.15) is 0 Å². The van der Waals surface area contributed by atoms with Crippen LogP contribution in [0.4, 0.5) is 11.4 Å². The third-order valence-electron chi connectivity index (χ3n) is 3.19. The zero-order valence-electron chi connectivity index (χ0n) is 10.9. The van der Waals surface area contributed by atoms with Gasteiger partial charge in [0.2, 0.25) is 0 Å². The number of nitro groups is 1. The van der Waals surface area contributed by atoms with Crippen molar-refractivity contribution in [1.82, 2.24) is 5.32 Å². The number of nitrogens with zero attached hydrogens (tertiary/aromatic N) is 1. The fourth-order valence-corrected chi connectivity index (χ4v) is 2.18. The average Bonchev–Trinajstić information content (AvgIpc) is 2.85. The zero-order valence-corrected chi connectivity index (χ0v) is 10.9. The van der Waals surface area contributed by atoms with Crippen molar-refractivity contribution in [1.29, 1.82) is 0 Å². The second-order valence-corrected chi connectivity index (χ2v) is 4.33. The molecule has 2 N–H and O–H groups in total. The van der Waals surface area contributed by atoms with E-state index in [1.54, 1.807) is 19.2 Å². The standard InChI is InChI=1S/C12H17N3O4/c1-18-11-5-8(3-4-10(11)15(16)17)14-9-6-13-7-12(9)19-2/h3-5,9,12-14H,6-7H2,1-2H3/t9?,12-/m0/s1. The predicted octanol–water partition coefficient (Wildman–Crippen LogP) is 1.00. The topological polar surface area (TPSA) is 85.7 Å². The smallest absolute Gasteiger partial charge is 0.311 e. The Morgan fingerprint density at radius 3 is 2.84 bits per heavy atom. The normalized spacial score (nSPS) is 22.2. The van der Waals surface area contributed by atoms with Crippen molar-refractivity contribution in [2.75, 3.05) is 32.6 Å². The molecule has 1 aromatic carbocycles. The van der Waals surface area contributed by atoms with E-state index in [2.05, 4.69) is 10.6 Å². The largest absolute Gasteiger partial charge is 0.490 e. The van der Waals surface area contributed by atoms with Gasteiger partial charge in [0.25, 0.3) is 0 Å². The molecule has 2 atom stereocenters. The summed E-state index contributed by atoms with van der Waals surface area (Å²) in [6.07, 6.45) is 0.0844. The third kappa shape index (κ3) is 2.94. The van der Waals surface area contributed by atoms with Crippen LogP contribution in [0.2, 0.25) is 0 Å². The van der Waals surface area contributed by atoms with E-state index in [0.717, 1.165) is 18.8 Å². The monoisotopic (exact) mass is 267 g/mol. The minimum absolute atomic E-state index is 0.0408. The van der Waals surface area contributed by atoms with Gasteiger partial charge in [0.15, 0.2) is 5.75 Å². The molecule has 7 nitrogen and oxygen atoms in total. The van der Waals surface area contributed by atoms with Gasteiger partial charge in [-0.05, 0) is 6.07 Å². The quantitative estimate of drug-likeness (QED) is 0.611. The first-order valence-corrected chi connectivity index (χ1v) is 5.98. The van der Waals surface area contributed by atoms with Crippen LogP contribution in [0.5, 0.6) is 5.75 Å². The minimum atomic E-state index is -0.461. The first-order chi connectivity index (χ1) is 9.15. The molecule has 1 aliphatic rings. The molecule has 104 valence electrons. The molecule has 0 saturated carbocycles. The first kappa shape index (κ1) is 13.6. The molecule has 0 aliphatic carbocycles. The Hall–Kier alpha value is -1.86. The highest BCUT2D eigenvalue weighted by molar-refractivity contribution is 5.58. The number of benzene rings is 1. The van der Waals surface area contributed by atoms with Crippen molar-refractivity contribution in [3.63, 3.8) is 0 Å². The lowest BCUT2D eigenvalue weighted by Crippen LogP contribution is -2.33. The van der Waals surface area contributed by atoms with E-state index in [1.807, 2.05) is 0 Å². The van der Waals surface area contributed by atoms with Gasteiger partial charge in [-0.1, -0.05) is 0 Å². The third-order valence-corrected chi connectivity index (χ3v) is 3.19. The van der Waals surface area contributed by atoms with E-state index in [9.17, 15) is 10.1 Å². The van der Waals surface area contributed by atoms with Gasteiger partial charge in [-0.3, -0.25) is 10.1 Å². The molecule has 1 saturated heterocycles. The van der Waals surface area contributed by atoms with Gasteiger partial charge in [0, 0.05) is 38.0 Å². The lowest BCUT2D eigenvalue weighted by molar-refractivity contribution is -0.385. The van der Waals surface area contributed by atoms with Crippen molar-refractivity contribution >= 4 is 11.4 Å². The van der Waals surface area contributed by atoms with Crippen LogP contribution >= 0.6 is 0 Å². The Bertz CT molecular complexity index is 466. The Morgan fingerprint density at radius 1 is 1.42 bits per heavy atom. The maximum Gasteiger partial charge on any atom is 0.311 e. The van der Waals surface area contributed by atoms with Gasteiger partial charge < -0.3 is 20.1 Å². The van der Waals surface area contributed by atoms with Crippen LogP contribution in [-0.2, 0) is 4.74 Å². The highest BCUT2D eigenvalue weighted by Gasteiger charge is 2.27. The first-order valence-electron chi connectivity index (χ1n) is 5.98. The fourth-order valence-electron chi connectivity index (χ4n) is 2.18. The molecule has 1 aliphatic heterocycles. The highest BCUT2D eigenvalue weighted by Crippen LogP contribution is 2.30. The summed E-state index contributed by atoms with van der Waals surface area (Å²) in [5.41, 5.74) is 0.735. The molecular weight excluding hydrogens is 250 g/mol.